The molecule has 0 fully saturated rings. The number of nitrogens with zero attached hydrogens (tertiary/aromatic N) is 2. The van der Waals surface area contributed by atoms with Gasteiger partial charge in [0.15, 0.2) is 0 Å². The normalized spacial score (nSPS) is 10.5. The van der Waals surface area contributed by atoms with Crippen LogP contribution in [0.2, 0.25) is 0 Å². The van der Waals surface area contributed by atoms with Gasteiger partial charge in [-0.3, -0.25) is 9.36 Å². The second kappa shape index (κ2) is 4.95. The lowest BCUT2D eigenvalue weighted by Crippen LogP contribution is -2.24. The van der Waals surface area contributed by atoms with Crippen molar-refractivity contribution >= 4 is 22.6 Å². The lowest BCUT2D eigenvalue weighted by molar-refractivity contribution is 0.622. The summed E-state index contributed by atoms with van der Waals surface area (Å²) in [5.41, 5.74) is 1.36. The van der Waals surface area contributed by atoms with Gasteiger partial charge in [0, 0.05) is 0 Å². The van der Waals surface area contributed by atoms with E-state index in [0.717, 1.165) is 5.56 Å². The van der Waals surface area contributed by atoms with Gasteiger partial charge in [0.05, 0.1) is 22.1 Å². The molecule has 2 aromatic rings. The maximum atomic E-state index is 13.0. The number of aromatic nitrogens is 2. The molecule has 0 aliphatic rings. The Balaban J connectivity index is 2.37. The second-order valence-corrected chi connectivity index (χ2v) is 4.79. The Labute approximate surface area is 111 Å². The fourth-order valence-electron chi connectivity index (χ4n) is 1.49. The van der Waals surface area contributed by atoms with Crippen molar-refractivity contribution in [3.63, 3.8) is 0 Å². The molecule has 1 aromatic carbocycles. The van der Waals surface area contributed by atoms with Crippen LogP contribution in [0.1, 0.15) is 11.3 Å². The van der Waals surface area contributed by atoms with Gasteiger partial charge in [-0.05, 0) is 47.2 Å². The van der Waals surface area contributed by atoms with E-state index in [9.17, 15) is 9.18 Å². The van der Waals surface area contributed by atoms with Crippen LogP contribution in [-0.4, -0.2) is 9.55 Å². The summed E-state index contributed by atoms with van der Waals surface area (Å²) in [6, 6.07) is 6.20. The SMILES string of the molecule is Cc1ncn(Cc2cccc(F)c2)c(=O)c1I. The molecular weight excluding hydrogens is 334 g/mol. The monoisotopic (exact) mass is 344 g/mol. The molecule has 0 saturated carbocycles. The van der Waals surface area contributed by atoms with Gasteiger partial charge in [0.2, 0.25) is 0 Å². The summed E-state index contributed by atoms with van der Waals surface area (Å²) in [5.74, 6) is -0.301. The van der Waals surface area contributed by atoms with Crippen LogP contribution in [0.5, 0.6) is 0 Å². The molecule has 0 N–H and O–H groups in total. The Morgan fingerprint density at radius 2 is 2.24 bits per heavy atom. The molecule has 0 bridgehead atoms. The summed E-state index contributed by atoms with van der Waals surface area (Å²) in [4.78, 5) is 16.0. The van der Waals surface area contributed by atoms with E-state index >= 15 is 0 Å². The summed E-state index contributed by atoms with van der Waals surface area (Å²) >= 11 is 1.97. The predicted octanol–water partition coefficient (Wildman–Crippen LogP) is 2.34. The fourth-order valence-corrected chi connectivity index (χ4v) is 1.94. The van der Waals surface area contributed by atoms with Gasteiger partial charge in [-0.15, -0.1) is 0 Å². The lowest BCUT2D eigenvalue weighted by Gasteiger charge is -2.07. The lowest BCUT2D eigenvalue weighted by atomic mass is 10.2. The topological polar surface area (TPSA) is 34.9 Å². The van der Waals surface area contributed by atoms with Crippen LogP contribution in [0.3, 0.4) is 0 Å². The van der Waals surface area contributed by atoms with Gasteiger partial charge in [-0.25, -0.2) is 9.37 Å². The van der Waals surface area contributed by atoms with Crippen molar-refractivity contribution in [1.29, 1.82) is 0 Å². The minimum absolute atomic E-state index is 0.0950. The number of aryl methyl sites for hydroxylation is 1. The molecule has 1 aromatic heterocycles. The molecule has 0 radical (unpaired) electrons. The van der Waals surface area contributed by atoms with Crippen LogP contribution in [-0.2, 0) is 6.54 Å². The van der Waals surface area contributed by atoms with Crippen LogP contribution in [0.25, 0.3) is 0 Å². The minimum Gasteiger partial charge on any atom is -0.294 e. The molecule has 0 atom stereocenters. The van der Waals surface area contributed by atoms with Crippen LogP contribution >= 0.6 is 22.6 Å². The van der Waals surface area contributed by atoms with E-state index in [2.05, 4.69) is 4.98 Å². The molecule has 2 rings (SSSR count). The first-order valence-electron chi connectivity index (χ1n) is 5.04. The van der Waals surface area contributed by atoms with E-state index in [1.165, 1.54) is 23.0 Å². The van der Waals surface area contributed by atoms with E-state index in [-0.39, 0.29) is 11.4 Å². The first-order valence-corrected chi connectivity index (χ1v) is 6.12. The number of halogens is 2. The van der Waals surface area contributed by atoms with Crippen molar-refractivity contribution in [1.82, 2.24) is 9.55 Å². The Morgan fingerprint density at radius 3 is 2.94 bits per heavy atom. The highest BCUT2D eigenvalue weighted by Crippen LogP contribution is 2.06. The third-order valence-corrected chi connectivity index (χ3v) is 3.64. The molecule has 0 aliphatic heterocycles. The van der Waals surface area contributed by atoms with E-state index in [4.69, 9.17) is 0 Å². The molecule has 0 unspecified atom stereocenters. The zero-order chi connectivity index (χ0) is 12.4. The summed E-state index contributed by atoms with van der Waals surface area (Å²) in [6.07, 6.45) is 1.49. The van der Waals surface area contributed by atoms with Crippen molar-refractivity contribution in [2.75, 3.05) is 0 Å². The standard InChI is InChI=1S/C12H10FIN2O/c1-8-11(14)12(17)16(7-15-8)6-9-3-2-4-10(13)5-9/h2-5,7H,6H2,1H3. The zero-order valence-corrected chi connectivity index (χ0v) is 11.3. The van der Waals surface area contributed by atoms with Gasteiger partial charge in [-0.1, -0.05) is 12.1 Å². The summed E-state index contributed by atoms with van der Waals surface area (Å²) in [7, 11) is 0. The van der Waals surface area contributed by atoms with Crippen molar-refractivity contribution in [3.05, 3.63) is 61.6 Å². The summed E-state index contributed by atoms with van der Waals surface area (Å²) < 4.78 is 15.1. The Bertz CT molecular complexity index is 610. The van der Waals surface area contributed by atoms with Crippen LogP contribution in [0.15, 0.2) is 35.4 Å². The Kier molecular flexibility index (Phi) is 3.56. The maximum Gasteiger partial charge on any atom is 0.267 e. The molecule has 17 heavy (non-hydrogen) atoms. The molecule has 0 saturated heterocycles. The molecule has 1 heterocycles. The molecule has 3 nitrogen and oxygen atoms in total. The van der Waals surface area contributed by atoms with E-state index in [1.54, 1.807) is 19.1 Å². The average Bonchev–Trinajstić information content (AvgIpc) is 2.30. The number of benzene rings is 1. The third kappa shape index (κ3) is 2.71. The molecule has 0 amide bonds. The number of hydrogen-bond donors (Lipinski definition) is 0. The highest BCUT2D eigenvalue weighted by atomic mass is 127. The summed E-state index contributed by atoms with van der Waals surface area (Å²) in [6.45, 7) is 2.12. The molecule has 0 aliphatic carbocycles. The molecule has 88 valence electrons. The van der Waals surface area contributed by atoms with Crippen molar-refractivity contribution in [3.8, 4) is 0 Å². The van der Waals surface area contributed by atoms with Crippen LogP contribution in [0, 0.1) is 16.3 Å². The highest BCUT2D eigenvalue weighted by molar-refractivity contribution is 14.1. The van der Waals surface area contributed by atoms with Crippen LogP contribution < -0.4 is 5.56 Å². The van der Waals surface area contributed by atoms with Gasteiger partial charge in [0.1, 0.15) is 5.82 Å². The number of hydrogen-bond acceptors (Lipinski definition) is 2. The van der Waals surface area contributed by atoms with Gasteiger partial charge >= 0.3 is 0 Å². The molecule has 5 heteroatoms. The van der Waals surface area contributed by atoms with E-state index < -0.39 is 0 Å². The van der Waals surface area contributed by atoms with Crippen molar-refractivity contribution in [2.45, 2.75) is 13.5 Å². The van der Waals surface area contributed by atoms with E-state index in [1.807, 2.05) is 22.6 Å². The van der Waals surface area contributed by atoms with Crippen LogP contribution in [0.4, 0.5) is 4.39 Å². The first-order chi connectivity index (χ1) is 8.08. The highest BCUT2D eigenvalue weighted by Gasteiger charge is 2.05. The molecule has 0 spiro atoms. The third-order valence-electron chi connectivity index (χ3n) is 2.40. The minimum atomic E-state index is -0.301. The maximum absolute atomic E-state index is 13.0. The Hall–Kier alpha value is -1.24. The largest absolute Gasteiger partial charge is 0.294 e. The quantitative estimate of drug-likeness (QED) is 0.784. The van der Waals surface area contributed by atoms with Gasteiger partial charge in [0.25, 0.3) is 5.56 Å². The number of rotatable bonds is 2. The van der Waals surface area contributed by atoms with Gasteiger partial charge in [-0.2, -0.15) is 0 Å². The zero-order valence-electron chi connectivity index (χ0n) is 9.15. The molecular formula is C12H10FIN2O. The fraction of sp³-hybridized carbons (Fsp3) is 0.167. The van der Waals surface area contributed by atoms with Crippen molar-refractivity contribution < 1.29 is 4.39 Å². The predicted molar refractivity (Wildman–Crippen MR) is 71.5 cm³/mol. The smallest absolute Gasteiger partial charge is 0.267 e. The van der Waals surface area contributed by atoms with E-state index in [0.29, 0.717) is 15.8 Å². The average molecular weight is 344 g/mol. The van der Waals surface area contributed by atoms with Crippen molar-refractivity contribution in [2.24, 2.45) is 0 Å². The second-order valence-electron chi connectivity index (χ2n) is 3.71. The first kappa shape index (κ1) is 12.2. The van der Waals surface area contributed by atoms with Gasteiger partial charge < -0.3 is 0 Å². The Morgan fingerprint density at radius 1 is 1.47 bits per heavy atom. The summed E-state index contributed by atoms with van der Waals surface area (Å²) in [5, 5.41) is 0.